The first kappa shape index (κ1) is 17.7. The predicted octanol–water partition coefficient (Wildman–Crippen LogP) is 1.74. The van der Waals surface area contributed by atoms with E-state index in [1.54, 1.807) is 11.8 Å². The molecular weight excluding hydrogens is 328 g/mol. The van der Waals surface area contributed by atoms with E-state index in [4.69, 9.17) is 4.74 Å². The van der Waals surface area contributed by atoms with Crippen molar-refractivity contribution in [2.45, 2.75) is 25.4 Å². The van der Waals surface area contributed by atoms with Gasteiger partial charge in [0.2, 0.25) is 0 Å². The summed E-state index contributed by atoms with van der Waals surface area (Å²) in [6.07, 6.45) is 0.995. The standard InChI is InChI=1S/C18H20N2OS.ClH/c1-13-5-3-6-15(11-13)21-9-4-10-22-18-19-16-8-7-14(2)12-17(16)20-18;/h3,5-8,11-12H,4,9-10H2,1-2H3,(H,19,20);1H/p-1. The zero-order valence-corrected chi connectivity index (χ0v) is 14.9. The number of nitrogens with one attached hydrogen (secondary N) is 1. The Kier molecular flexibility index (Phi) is 6.37. The number of ether oxygens (including phenoxy) is 1. The fraction of sp³-hybridized carbons (Fsp3) is 0.278. The Hall–Kier alpha value is -1.65. The molecule has 0 bridgehead atoms. The van der Waals surface area contributed by atoms with Crippen molar-refractivity contribution in [3.63, 3.8) is 0 Å². The summed E-state index contributed by atoms with van der Waals surface area (Å²) < 4.78 is 5.76. The number of nitrogens with zero attached hydrogens (tertiary/aromatic N) is 1. The number of aryl methyl sites for hydroxylation is 2. The van der Waals surface area contributed by atoms with Gasteiger partial charge in [-0.05, 0) is 55.7 Å². The normalized spacial score (nSPS) is 10.5. The molecule has 1 heterocycles. The van der Waals surface area contributed by atoms with Crippen LogP contribution in [-0.4, -0.2) is 22.3 Å². The Morgan fingerprint density at radius 3 is 2.74 bits per heavy atom. The SMILES string of the molecule is Cc1cccc(OCCCSc2nc3ccc(C)cc3[nH]2)c1.[Cl-]. The van der Waals surface area contributed by atoms with Crippen molar-refractivity contribution >= 4 is 22.8 Å². The molecule has 3 aromatic rings. The van der Waals surface area contributed by atoms with Gasteiger partial charge in [0.25, 0.3) is 0 Å². The molecule has 1 N–H and O–H groups in total. The summed E-state index contributed by atoms with van der Waals surface area (Å²) in [7, 11) is 0. The van der Waals surface area contributed by atoms with E-state index < -0.39 is 0 Å². The van der Waals surface area contributed by atoms with Crippen molar-refractivity contribution in [2.75, 3.05) is 12.4 Å². The number of hydrogen-bond acceptors (Lipinski definition) is 3. The average molecular weight is 348 g/mol. The van der Waals surface area contributed by atoms with E-state index in [-0.39, 0.29) is 12.4 Å². The highest BCUT2D eigenvalue weighted by Gasteiger charge is 2.03. The fourth-order valence-electron chi connectivity index (χ4n) is 2.29. The molecule has 3 rings (SSSR count). The minimum atomic E-state index is 0. The first-order valence-corrected chi connectivity index (χ1v) is 8.48. The number of aromatic amines is 1. The van der Waals surface area contributed by atoms with E-state index in [2.05, 4.69) is 54.1 Å². The van der Waals surface area contributed by atoms with Crippen LogP contribution in [0.3, 0.4) is 0 Å². The molecule has 1 aromatic heterocycles. The van der Waals surface area contributed by atoms with Gasteiger partial charge >= 0.3 is 0 Å². The molecule has 0 saturated carbocycles. The van der Waals surface area contributed by atoms with E-state index >= 15 is 0 Å². The van der Waals surface area contributed by atoms with Crippen molar-refractivity contribution in [3.8, 4) is 5.75 Å². The quantitative estimate of drug-likeness (QED) is 0.545. The molecule has 5 heteroatoms. The van der Waals surface area contributed by atoms with E-state index in [0.29, 0.717) is 0 Å². The third-order valence-electron chi connectivity index (χ3n) is 3.40. The van der Waals surface area contributed by atoms with Crippen LogP contribution in [0.1, 0.15) is 17.5 Å². The van der Waals surface area contributed by atoms with Gasteiger partial charge in [0.1, 0.15) is 5.75 Å². The molecule has 3 nitrogen and oxygen atoms in total. The molecular formula is C18H20ClN2OS-. The molecule has 0 aliphatic heterocycles. The third-order valence-corrected chi connectivity index (χ3v) is 4.36. The second-order valence-corrected chi connectivity index (χ2v) is 6.51. The minimum Gasteiger partial charge on any atom is -1.00 e. The van der Waals surface area contributed by atoms with Crippen LogP contribution in [0.2, 0.25) is 0 Å². The topological polar surface area (TPSA) is 37.9 Å². The zero-order chi connectivity index (χ0) is 15.4. The summed E-state index contributed by atoms with van der Waals surface area (Å²) in [4.78, 5) is 7.95. The Labute approximate surface area is 147 Å². The lowest BCUT2D eigenvalue weighted by Crippen LogP contribution is -3.00. The van der Waals surface area contributed by atoms with Crippen LogP contribution in [0.25, 0.3) is 11.0 Å². The first-order valence-electron chi connectivity index (χ1n) is 7.49. The van der Waals surface area contributed by atoms with Gasteiger partial charge in [-0.2, -0.15) is 0 Å². The van der Waals surface area contributed by atoms with Crippen molar-refractivity contribution in [1.82, 2.24) is 9.97 Å². The number of aromatic nitrogens is 2. The lowest BCUT2D eigenvalue weighted by atomic mass is 10.2. The summed E-state index contributed by atoms with van der Waals surface area (Å²) in [5, 5.41) is 0.983. The highest BCUT2D eigenvalue weighted by atomic mass is 35.5. The van der Waals surface area contributed by atoms with Crippen LogP contribution in [0.15, 0.2) is 47.6 Å². The van der Waals surface area contributed by atoms with Gasteiger partial charge in [0.05, 0.1) is 17.6 Å². The second-order valence-electron chi connectivity index (χ2n) is 5.43. The van der Waals surface area contributed by atoms with E-state index in [0.717, 1.165) is 40.7 Å². The number of benzene rings is 2. The number of rotatable bonds is 6. The van der Waals surface area contributed by atoms with Crippen molar-refractivity contribution in [3.05, 3.63) is 53.6 Å². The summed E-state index contributed by atoms with van der Waals surface area (Å²) in [5.74, 6) is 1.94. The molecule has 0 radical (unpaired) electrons. The van der Waals surface area contributed by atoms with Crippen molar-refractivity contribution in [2.24, 2.45) is 0 Å². The molecule has 0 aliphatic carbocycles. The minimum absolute atomic E-state index is 0. The van der Waals surface area contributed by atoms with Crippen LogP contribution in [0.5, 0.6) is 5.75 Å². The maximum Gasteiger partial charge on any atom is 0.166 e. The number of H-pyrrole nitrogens is 1. The molecule has 23 heavy (non-hydrogen) atoms. The maximum absolute atomic E-state index is 5.76. The zero-order valence-electron chi connectivity index (χ0n) is 13.3. The summed E-state index contributed by atoms with van der Waals surface area (Å²) in [6, 6.07) is 14.4. The lowest BCUT2D eigenvalue weighted by molar-refractivity contribution is -0.00000514. The average Bonchev–Trinajstić information content (AvgIpc) is 2.89. The van der Waals surface area contributed by atoms with Gasteiger partial charge < -0.3 is 22.1 Å². The summed E-state index contributed by atoms with van der Waals surface area (Å²) in [6.45, 7) is 4.90. The van der Waals surface area contributed by atoms with Crippen LogP contribution >= 0.6 is 11.8 Å². The van der Waals surface area contributed by atoms with Gasteiger partial charge in [-0.3, -0.25) is 0 Å². The molecule has 0 spiro atoms. The Morgan fingerprint density at radius 1 is 1.09 bits per heavy atom. The summed E-state index contributed by atoms with van der Waals surface area (Å²) >= 11 is 1.74. The van der Waals surface area contributed by atoms with Crippen LogP contribution in [-0.2, 0) is 0 Å². The molecule has 2 aromatic carbocycles. The van der Waals surface area contributed by atoms with Crippen molar-refractivity contribution < 1.29 is 17.1 Å². The summed E-state index contributed by atoms with van der Waals surface area (Å²) in [5.41, 5.74) is 4.62. The first-order chi connectivity index (χ1) is 10.7. The smallest absolute Gasteiger partial charge is 0.166 e. The Morgan fingerprint density at radius 2 is 1.91 bits per heavy atom. The van der Waals surface area contributed by atoms with Crippen LogP contribution in [0.4, 0.5) is 0 Å². The molecule has 0 aliphatic rings. The fourth-order valence-corrected chi connectivity index (χ4v) is 3.09. The Bertz CT molecular complexity index is 773. The van der Waals surface area contributed by atoms with Crippen LogP contribution < -0.4 is 17.1 Å². The van der Waals surface area contributed by atoms with Gasteiger partial charge in [0.15, 0.2) is 5.16 Å². The van der Waals surface area contributed by atoms with E-state index in [9.17, 15) is 0 Å². The monoisotopic (exact) mass is 347 g/mol. The second kappa shape index (κ2) is 8.27. The predicted molar refractivity (Wildman–Crippen MR) is 92.8 cm³/mol. The third kappa shape index (κ3) is 4.91. The van der Waals surface area contributed by atoms with Gasteiger partial charge in [-0.25, -0.2) is 4.98 Å². The molecule has 0 fully saturated rings. The number of halogens is 1. The van der Waals surface area contributed by atoms with Gasteiger partial charge in [-0.1, -0.05) is 30.0 Å². The number of fused-ring (bicyclic) bond motifs is 1. The van der Waals surface area contributed by atoms with Gasteiger partial charge in [0, 0.05) is 5.75 Å². The Balaban J connectivity index is 0.00000192. The molecule has 0 atom stereocenters. The van der Waals surface area contributed by atoms with Crippen LogP contribution in [0, 0.1) is 13.8 Å². The molecule has 122 valence electrons. The van der Waals surface area contributed by atoms with Crippen molar-refractivity contribution in [1.29, 1.82) is 0 Å². The lowest BCUT2D eigenvalue weighted by Gasteiger charge is -2.06. The van der Waals surface area contributed by atoms with E-state index in [1.165, 1.54) is 11.1 Å². The number of thioether (sulfide) groups is 1. The number of imidazole rings is 1. The number of hydrogen-bond donors (Lipinski definition) is 1. The van der Waals surface area contributed by atoms with Gasteiger partial charge in [-0.15, -0.1) is 0 Å². The molecule has 0 amide bonds. The highest BCUT2D eigenvalue weighted by Crippen LogP contribution is 2.21. The molecule has 0 unspecified atom stereocenters. The highest BCUT2D eigenvalue weighted by molar-refractivity contribution is 7.99. The maximum atomic E-state index is 5.76. The van der Waals surface area contributed by atoms with E-state index in [1.807, 2.05) is 12.1 Å². The largest absolute Gasteiger partial charge is 1.00 e. The molecule has 0 saturated heterocycles.